The summed E-state index contributed by atoms with van der Waals surface area (Å²) in [5, 5.41) is 0. The Labute approximate surface area is 138 Å². The van der Waals surface area contributed by atoms with Crippen molar-refractivity contribution in [1.82, 2.24) is 10.4 Å². The highest BCUT2D eigenvalue weighted by atomic mass is 79.9. The van der Waals surface area contributed by atoms with Crippen molar-refractivity contribution in [3.8, 4) is 0 Å². The van der Waals surface area contributed by atoms with Crippen LogP contribution in [0.3, 0.4) is 0 Å². The molecule has 116 valence electrons. The van der Waals surface area contributed by atoms with Gasteiger partial charge in [-0.05, 0) is 71.2 Å². The molecule has 3 N–H and O–H groups in total. The molecule has 0 saturated carbocycles. The van der Waals surface area contributed by atoms with Crippen LogP contribution in [0.2, 0.25) is 0 Å². The number of hydrogen-bond donors (Lipinski definition) is 2. The smallest absolute Gasteiger partial charge is 0.0731 e. The van der Waals surface area contributed by atoms with E-state index in [1.807, 2.05) is 30.1 Å². The van der Waals surface area contributed by atoms with Gasteiger partial charge in [0, 0.05) is 17.3 Å². The fourth-order valence-corrected chi connectivity index (χ4v) is 5.25. The summed E-state index contributed by atoms with van der Waals surface area (Å²) >= 11 is 5.64. The number of hydrogen-bond acceptors (Lipinski definition) is 5. The molecular formula is C15H22BrN3OS. The predicted molar refractivity (Wildman–Crippen MR) is 90.0 cm³/mol. The normalized spacial score (nSPS) is 26.7. The summed E-state index contributed by atoms with van der Waals surface area (Å²) in [6, 6.07) is 4.04. The molecule has 2 atom stereocenters. The fraction of sp³-hybridized carbons (Fsp3) is 0.667. The lowest BCUT2D eigenvalue weighted by Crippen LogP contribution is -2.47. The first-order valence-electron chi connectivity index (χ1n) is 7.52. The Bertz CT molecular complexity index is 476. The lowest BCUT2D eigenvalue weighted by molar-refractivity contribution is -0.107. The molecule has 1 spiro atoms. The second-order valence-corrected chi connectivity index (χ2v) is 7.99. The Balaban J connectivity index is 1.79. The van der Waals surface area contributed by atoms with Gasteiger partial charge in [-0.15, -0.1) is 0 Å². The molecule has 6 heteroatoms. The highest BCUT2D eigenvalue weighted by Gasteiger charge is 2.41. The Morgan fingerprint density at radius 3 is 3.00 bits per heavy atom. The van der Waals surface area contributed by atoms with E-state index in [-0.39, 0.29) is 11.6 Å². The van der Waals surface area contributed by atoms with Crippen molar-refractivity contribution in [3.63, 3.8) is 0 Å². The van der Waals surface area contributed by atoms with E-state index in [1.54, 1.807) is 0 Å². The third-order valence-corrected chi connectivity index (χ3v) is 6.32. The minimum absolute atomic E-state index is 0.0739. The summed E-state index contributed by atoms with van der Waals surface area (Å²) in [7, 11) is 0. The van der Waals surface area contributed by atoms with E-state index in [4.69, 9.17) is 10.6 Å². The Morgan fingerprint density at radius 1 is 1.48 bits per heavy atom. The van der Waals surface area contributed by atoms with E-state index in [9.17, 15) is 0 Å². The largest absolute Gasteiger partial charge is 0.375 e. The van der Waals surface area contributed by atoms with Gasteiger partial charge in [-0.2, -0.15) is 11.8 Å². The van der Waals surface area contributed by atoms with Gasteiger partial charge in [-0.25, -0.2) is 0 Å². The Hall–Kier alpha value is -0.140. The summed E-state index contributed by atoms with van der Waals surface area (Å²) < 4.78 is 7.20. The number of ether oxygens (including phenoxy) is 1. The van der Waals surface area contributed by atoms with Crippen LogP contribution in [0.15, 0.2) is 22.8 Å². The monoisotopic (exact) mass is 371 g/mol. The summed E-state index contributed by atoms with van der Waals surface area (Å²) in [5.74, 6) is 8.76. The number of rotatable bonds is 3. The predicted octanol–water partition coefficient (Wildman–Crippen LogP) is 3.04. The fourth-order valence-electron chi connectivity index (χ4n) is 3.51. The highest BCUT2D eigenvalue weighted by molar-refractivity contribution is 9.10. The zero-order chi connectivity index (χ0) is 14.7. The van der Waals surface area contributed by atoms with Crippen LogP contribution in [0.1, 0.15) is 37.4 Å². The van der Waals surface area contributed by atoms with E-state index in [1.165, 1.54) is 11.5 Å². The molecule has 0 aromatic carbocycles. The molecule has 2 aliphatic rings. The average molecular weight is 372 g/mol. The van der Waals surface area contributed by atoms with Crippen molar-refractivity contribution >= 4 is 27.7 Å². The Morgan fingerprint density at radius 2 is 2.29 bits per heavy atom. The highest BCUT2D eigenvalue weighted by Crippen LogP contribution is 2.43. The number of halogens is 1. The van der Waals surface area contributed by atoms with E-state index in [2.05, 4.69) is 26.3 Å². The number of thioether (sulfide) groups is 1. The molecule has 0 bridgehead atoms. The quantitative estimate of drug-likeness (QED) is 0.631. The van der Waals surface area contributed by atoms with Gasteiger partial charge in [0.05, 0.1) is 17.3 Å². The number of nitrogens with two attached hydrogens (primary N) is 1. The molecule has 1 aromatic heterocycles. The molecule has 1 aromatic rings. The first-order chi connectivity index (χ1) is 10.2. The molecule has 2 saturated heterocycles. The van der Waals surface area contributed by atoms with Crippen LogP contribution in [-0.2, 0) is 4.74 Å². The maximum absolute atomic E-state index is 6.18. The van der Waals surface area contributed by atoms with Crippen molar-refractivity contribution in [1.29, 1.82) is 0 Å². The van der Waals surface area contributed by atoms with Crippen LogP contribution in [0, 0.1) is 5.92 Å². The average Bonchev–Trinajstić information content (AvgIpc) is 2.51. The second-order valence-electron chi connectivity index (χ2n) is 5.91. The Kier molecular flexibility index (Phi) is 5.22. The molecule has 3 rings (SSSR count). The van der Waals surface area contributed by atoms with E-state index < -0.39 is 0 Å². The zero-order valence-corrected chi connectivity index (χ0v) is 14.5. The van der Waals surface area contributed by atoms with Gasteiger partial charge in [0.2, 0.25) is 0 Å². The lowest BCUT2D eigenvalue weighted by Gasteiger charge is -2.45. The third-order valence-electron chi connectivity index (χ3n) is 4.67. The van der Waals surface area contributed by atoms with Gasteiger partial charge < -0.3 is 4.74 Å². The van der Waals surface area contributed by atoms with Gasteiger partial charge in [0.1, 0.15) is 0 Å². The van der Waals surface area contributed by atoms with Gasteiger partial charge in [-0.3, -0.25) is 16.3 Å². The molecule has 3 heterocycles. The van der Waals surface area contributed by atoms with Crippen molar-refractivity contribution in [2.24, 2.45) is 11.8 Å². The molecule has 2 aliphatic heterocycles. The van der Waals surface area contributed by atoms with Gasteiger partial charge in [0.25, 0.3) is 0 Å². The van der Waals surface area contributed by atoms with Crippen molar-refractivity contribution in [3.05, 3.63) is 28.5 Å². The topological polar surface area (TPSA) is 60.2 Å². The van der Waals surface area contributed by atoms with Crippen LogP contribution in [0.5, 0.6) is 0 Å². The van der Waals surface area contributed by atoms with E-state index >= 15 is 0 Å². The summed E-state index contributed by atoms with van der Waals surface area (Å²) in [4.78, 5) is 4.52. The first kappa shape index (κ1) is 15.7. The SMILES string of the molecule is NNC(c1ncccc1Br)C1CCOC2(CCSCC2)C1. The van der Waals surface area contributed by atoms with E-state index in [0.717, 1.165) is 42.5 Å². The molecular weight excluding hydrogens is 350 g/mol. The van der Waals surface area contributed by atoms with E-state index in [0.29, 0.717) is 5.92 Å². The zero-order valence-electron chi connectivity index (χ0n) is 12.1. The number of nitrogens with zero attached hydrogens (tertiary/aromatic N) is 1. The van der Waals surface area contributed by atoms with Crippen LogP contribution >= 0.6 is 27.7 Å². The van der Waals surface area contributed by atoms with Gasteiger partial charge in [0.15, 0.2) is 0 Å². The van der Waals surface area contributed by atoms with Crippen molar-refractivity contribution < 1.29 is 4.74 Å². The second kappa shape index (κ2) is 6.96. The van der Waals surface area contributed by atoms with Crippen LogP contribution in [0.4, 0.5) is 0 Å². The molecule has 2 fully saturated rings. The summed E-state index contributed by atoms with van der Waals surface area (Å²) in [6.45, 7) is 0.831. The number of aromatic nitrogens is 1. The summed E-state index contributed by atoms with van der Waals surface area (Å²) in [6.07, 6.45) is 6.26. The molecule has 0 aliphatic carbocycles. The van der Waals surface area contributed by atoms with Gasteiger partial charge >= 0.3 is 0 Å². The van der Waals surface area contributed by atoms with Crippen molar-refractivity contribution in [2.75, 3.05) is 18.1 Å². The van der Waals surface area contributed by atoms with Crippen LogP contribution < -0.4 is 11.3 Å². The minimum atomic E-state index is 0.0739. The standard InChI is InChI=1S/C15H22BrN3OS/c16-12-2-1-6-18-14(12)13(19-17)11-3-7-20-15(10-11)4-8-21-9-5-15/h1-2,6,11,13,19H,3-5,7-10,17H2. The number of pyridine rings is 1. The lowest BCUT2D eigenvalue weighted by atomic mass is 9.78. The number of hydrazine groups is 1. The van der Waals surface area contributed by atoms with Gasteiger partial charge in [-0.1, -0.05) is 0 Å². The summed E-state index contributed by atoms with van der Waals surface area (Å²) in [5.41, 5.74) is 4.08. The molecule has 0 radical (unpaired) electrons. The molecule has 4 nitrogen and oxygen atoms in total. The molecule has 21 heavy (non-hydrogen) atoms. The van der Waals surface area contributed by atoms with Crippen LogP contribution in [-0.4, -0.2) is 28.7 Å². The maximum atomic E-state index is 6.18. The first-order valence-corrected chi connectivity index (χ1v) is 9.47. The van der Waals surface area contributed by atoms with Crippen molar-refractivity contribution in [2.45, 2.75) is 37.3 Å². The number of nitrogens with one attached hydrogen (secondary N) is 1. The third kappa shape index (κ3) is 3.45. The maximum Gasteiger partial charge on any atom is 0.0731 e. The minimum Gasteiger partial charge on any atom is -0.375 e. The van der Waals surface area contributed by atoms with Crippen LogP contribution in [0.25, 0.3) is 0 Å². The molecule has 2 unspecified atom stereocenters. The molecule has 0 amide bonds.